The Balaban J connectivity index is 2.78. The number of halogens is 1. The molecule has 1 rings (SSSR count). The lowest BCUT2D eigenvalue weighted by atomic mass is 10.3. The predicted molar refractivity (Wildman–Crippen MR) is 33.7 cm³/mol. The topological polar surface area (TPSA) is 42.3 Å². The highest BCUT2D eigenvalue weighted by molar-refractivity contribution is 5.04. The first-order valence-corrected chi connectivity index (χ1v) is 2.72. The molecule has 52 valence electrons. The molecule has 4 heteroatoms. The van der Waals surface area contributed by atoms with Gasteiger partial charge in [-0.25, -0.2) is 4.39 Å². The van der Waals surface area contributed by atoms with Crippen LogP contribution in [0.25, 0.3) is 0 Å². The van der Waals surface area contributed by atoms with Crippen molar-refractivity contribution in [2.24, 2.45) is 5.18 Å². The van der Waals surface area contributed by atoms with E-state index in [2.05, 4.69) is 10.2 Å². The van der Waals surface area contributed by atoms with Crippen LogP contribution < -0.4 is 0 Å². The molecule has 0 saturated carbocycles. The van der Waals surface area contributed by atoms with Crippen LogP contribution in [0.4, 0.5) is 4.39 Å². The minimum absolute atomic E-state index is 0.000278. The Hall–Kier alpha value is -1.32. The van der Waals surface area contributed by atoms with Gasteiger partial charge in [0.2, 0.25) is 0 Å². The summed E-state index contributed by atoms with van der Waals surface area (Å²) in [6, 6.07) is 2.67. The first kappa shape index (κ1) is 6.80. The molecule has 0 bridgehead atoms. The van der Waals surface area contributed by atoms with Crippen molar-refractivity contribution in [1.29, 1.82) is 0 Å². The monoisotopic (exact) mass is 140 g/mol. The Kier molecular flexibility index (Phi) is 2.04. The van der Waals surface area contributed by atoms with Crippen molar-refractivity contribution >= 4 is 0 Å². The van der Waals surface area contributed by atoms with Gasteiger partial charge < -0.3 is 0 Å². The zero-order chi connectivity index (χ0) is 7.40. The van der Waals surface area contributed by atoms with Crippen LogP contribution in [0.5, 0.6) is 0 Å². The van der Waals surface area contributed by atoms with Gasteiger partial charge in [0.25, 0.3) is 0 Å². The summed E-state index contributed by atoms with van der Waals surface area (Å²) in [5.74, 6) is -0.408. The molecule has 1 heterocycles. The fourth-order valence-corrected chi connectivity index (χ4v) is 0.566. The highest BCUT2D eigenvalue weighted by Gasteiger charge is 1.92. The summed E-state index contributed by atoms with van der Waals surface area (Å²) in [5, 5.41) is 2.60. The van der Waals surface area contributed by atoms with Crippen LogP contribution in [-0.4, -0.2) is 4.98 Å². The molecular weight excluding hydrogens is 135 g/mol. The zero-order valence-corrected chi connectivity index (χ0v) is 5.12. The summed E-state index contributed by atoms with van der Waals surface area (Å²) in [7, 11) is 0. The number of rotatable bonds is 2. The summed E-state index contributed by atoms with van der Waals surface area (Å²) in [5.41, 5.74) is 0.483. The van der Waals surface area contributed by atoms with Crippen molar-refractivity contribution < 1.29 is 4.39 Å². The second-order valence-corrected chi connectivity index (χ2v) is 1.75. The molecule has 0 saturated heterocycles. The Morgan fingerprint density at radius 1 is 1.60 bits per heavy atom. The normalized spacial score (nSPS) is 9.30. The summed E-state index contributed by atoms with van der Waals surface area (Å²) in [6.07, 6.45) is 1.06. The van der Waals surface area contributed by atoms with Gasteiger partial charge in [0.1, 0.15) is 12.4 Å². The van der Waals surface area contributed by atoms with Crippen LogP contribution in [0, 0.1) is 10.7 Å². The van der Waals surface area contributed by atoms with Gasteiger partial charge in [0, 0.05) is 0 Å². The van der Waals surface area contributed by atoms with E-state index >= 15 is 0 Å². The number of nitroso groups, excluding NO2 is 1. The van der Waals surface area contributed by atoms with Gasteiger partial charge >= 0.3 is 0 Å². The molecule has 0 aliphatic heterocycles. The molecule has 10 heavy (non-hydrogen) atoms. The summed E-state index contributed by atoms with van der Waals surface area (Å²) < 4.78 is 12.2. The van der Waals surface area contributed by atoms with Crippen LogP contribution in [-0.2, 0) is 6.54 Å². The predicted octanol–water partition coefficient (Wildman–Crippen LogP) is 1.49. The van der Waals surface area contributed by atoms with E-state index < -0.39 is 5.82 Å². The lowest BCUT2D eigenvalue weighted by Crippen LogP contribution is -1.86. The van der Waals surface area contributed by atoms with Gasteiger partial charge in [-0.2, -0.15) is 4.91 Å². The minimum atomic E-state index is -0.408. The van der Waals surface area contributed by atoms with Crippen molar-refractivity contribution in [2.45, 2.75) is 6.54 Å². The average Bonchev–Trinajstić information content (AvgIpc) is 1.95. The molecule has 1 aromatic heterocycles. The van der Waals surface area contributed by atoms with Gasteiger partial charge in [0.05, 0.1) is 11.9 Å². The van der Waals surface area contributed by atoms with Crippen LogP contribution in [0.2, 0.25) is 0 Å². The first-order chi connectivity index (χ1) is 4.83. The van der Waals surface area contributed by atoms with E-state index in [1.807, 2.05) is 0 Å². The second-order valence-electron chi connectivity index (χ2n) is 1.75. The number of hydrogen-bond donors (Lipinski definition) is 0. The van der Waals surface area contributed by atoms with E-state index in [4.69, 9.17) is 0 Å². The second kappa shape index (κ2) is 3.00. The van der Waals surface area contributed by atoms with Crippen molar-refractivity contribution in [1.82, 2.24) is 4.98 Å². The van der Waals surface area contributed by atoms with Gasteiger partial charge in [-0.15, -0.1) is 0 Å². The van der Waals surface area contributed by atoms with Crippen LogP contribution in [0.15, 0.2) is 23.5 Å². The zero-order valence-electron chi connectivity index (χ0n) is 5.12. The van der Waals surface area contributed by atoms with Gasteiger partial charge in [-0.3, -0.25) is 4.98 Å². The number of aromatic nitrogens is 1. The Labute approximate surface area is 56.9 Å². The van der Waals surface area contributed by atoms with Crippen molar-refractivity contribution in [3.63, 3.8) is 0 Å². The maximum Gasteiger partial charge on any atom is 0.141 e. The molecule has 0 N–H and O–H groups in total. The smallest absolute Gasteiger partial charge is 0.141 e. The molecule has 0 fully saturated rings. The molecule has 1 aromatic rings. The molecule has 0 unspecified atom stereocenters. The van der Waals surface area contributed by atoms with E-state index in [1.54, 1.807) is 0 Å². The maximum atomic E-state index is 12.2. The van der Waals surface area contributed by atoms with E-state index in [0.717, 1.165) is 6.20 Å². The quantitative estimate of drug-likeness (QED) is 0.584. The number of pyridine rings is 1. The fourth-order valence-electron chi connectivity index (χ4n) is 0.566. The third kappa shape index (κ3) is 1.58. The fraction of sp³-hybridized carbons (Fsp3) is 0.167. The molecule has 0 atom stereocenters. The Bertz CT molecular complexity index is 222. The molecule has 3 nitrogen and oxygen atoms in total. The van der Waals surface area contributed by atoms with E-state index in [-0.39, 0.29) is 6.54 Å². The van der Waals surface area contributed by atoms with Crippen LogP contribution in [0.1, 0.15) is 5.69 Å². The van der Waals surface area contributed by atoms with Crippen molar-refractivity contribution in [3.8, 4) is 0 Å². The molecule has 0 aliphatic rings. The van der Waals surface area contributed by atoms with Gasteiger partial charge in [-0.1, -0.05) is 5.18 Å². The largest absolute Gasteiger partial charge is 0.256 e. The molecule has 0 radical (unpaired) electrons. The summed E-state index contributed by atoms with van der Waals surface area (Å²) in [6.45, 7) is 0.000278. The Morgan fingerprint density at radius 2 is 2.40 bits per heavy atom. The Morgan fingerprint density at radius 3 is 2.90 bits per heavy atom. The van der Waals surface area contributed by atoms with E-state index in [0.29, 0.717) is 5.69 Å². The number of hydrogen-bond acceptors (Lipinski definition) is 3. The average molecular weight is 140 g/mol. The summed E-state index contributed by atoms with van der Waals surface area (Å²) in [4.78, 5) is 13.3. The SMILES string of the molecule is O=NCc1ccc(F)cn1. The highest BCUT2D eigenvalue weighted by Crippen LogP contribution is 1.98. The lowest BCUT2D eigenvalue weighted by Gasteiger charge is -1.90. The molecule has 0 amide bonds. The van der Waals surface area contributed by atoms with Crippen LogP contribution >= 0.6 is 0 Å². The van der Waals surface area contributed by atoms with Crippen molar-refractivity contribution in [3.05, 3.63) is 34.7 Å². The molecule has 0 aromatic carbocycles. The van der Waals surface area contributed by atoms with Gasteiger partial charge in [-0.05, 0) is 12.1 Å². The molecular formula is C6H5FN2O. The first-order valence-electron chi connectivity index (χ1n) is 2.72. The maximum absolute atomic E-state index is 12.2. The minimum Gasteiger partial charge on any atom is -0.256 e. The third-order valence-corrected chi connectivity index (χ3v) is 1.02. The lowest BCUT2D eigenvalue weighted by molar-refractivity contribution is 0.619. The van der Waals surface area contributed by atoms with Crippen LogP contribution in [0.3, 0.4) is 0 Å². The van der Waals surface area contributed by atoms with Crippen molar-refractivity contribution in [2.75, 3.05) is 0 Å². The van der Waals surface area contributed by atoms with E-state index in [9.17, 15) is 9.30 Å². The number of nitrogens with zero attached hydrogens (tertiary/aromatic N) is 2. The standard InChI is InChI=1S/C6H5FN2O/c7-5-1-2-6(4-9-10)8-3-5/h1-3H,4H2. The van der Waals surface area contributed by atoms with E-state index in [1.165, 1.54) is 12.1 Å². The molecule has 0 aliphatic carbocycles. The molecule has 0 spiro atoms. The summed E-state index contributed by atoms with van der Waals surface area (Å²) >= 11 is 0. The van der Waals surface area contributed by atoms with Gasteiger partial charge in [0.15, 0.2) is 0 Å². The third-order valence-electron chi connectivity index (χ3n) is 1.02. The highest BCUT2D eigenvalue weighted by atomic mass is 19.1.